The topological polar surface area (TPSA) is 33.5 Å². The molecule has 3 aromatic carbocycles. The molecule has 0 saturated heterocycles. The van der Waals surface area contributed by atoms with E-state index in [9.17, 15) is 0 Å². The van der Waals surface area contributed by atoms with E-state index in [-0.39, 0.29) is 0 Å². The van der Waals surface area contributed by atoms with E-state index in [4.69, 9.17) is 9.72 Å². The molecule has 2 aromatic heterocycles. The molecule has 0 saturated carbocycles. The Hall–Kier alpha value is -4.77. The number of pyridine rings is 1. The molecular weight excluding hydrogens is 480 g/mol. The summed E-state index contributed by atoms with van der Waals surface area (Å²) in [5, 5.41) is 2.38. The van der Waals surface area contributed by atoms with Crippen LogP contribution in [0, 0.1) is 0 Å². The number of ether oxygens (including phenoxy) is 1. The maximum Gasteiger partial charge on any atom is 0.137 e. The summed E-state index contributed by atoms with van der Waals surface area (Å²) >= 11 is 0. The third kappa shape index (κ3) is 3.98. The minimum Gasteiger partial charge on any atom is -0.457 e. The van der Waals surface area contributed by atoms with Gasteiger partial charge in [-0.2, -0.15) is 0 Å². The fourth-order valence-electron chi connectivity index (χ4n) is 5.60. The van der Waals surface area contributed by atoms with Crippen molar-refractivity contribution >= 4 is 27.5 Å². The smallest absolute Gasteiger partial charge is 0.137 e. The van der Waals surface area contributed by atoms with Crippen molar-refractivity contribution in [2.45, 2.75) is 19.8 Å². The lowest BCUT2D eigenvalue weighted by atomic mass is 10.1. The van der Waals surface area contributed by atoms with Crippen molar-refractivity contribution in [2.24, 2.45) is 0 Å². The average molecular weight is 511 g/mol. The van der Waals surface area contributed by atoms with Crippen LogP contribution in [0.25, 0.3) is 33.3 Å². The second-order valence-electron chi connectivity index (χ2n) is 10.4. The number of fused-ring (bicyclic) bond motifs is 4. The molecule has 0 fully saturated rings. The van der Waals surface area contributed by atoms with Crippen LogP contribution < -0.4 is 4.74 Å². The van der Waals surface area contributed by atoms with Crippen LogP contribution in [0.15, 0.2) is 115 Å². The highest BCUT2D eigenvalue weighted by atomic mass is 16.5. The Bertz CT molecular complexity index is 1820. The zero-order valence-electron chi connectivity index (χ0n) is 22.4. The normalized spacial score (nSPS) is 14.8. The Morgan fingerprint density at radius 3 is 2.56 bits per heavy atom. The molecule has 0 aliphatic carbocycles. The Morgan fingerprint density at radius 2 is 1.69 bits per heavy atom. The summed E-state index contributed by atoms with van der Waals surface area (Å²) in [7, 11) is 2.11. The summed E-state index contributed by atoms with van der Waals surface area (Å²) in [5.41, 5.74) is 5.76. The van der Waals surface area contributed by atoms with Crippen molar-refractivity contribution in [3.63, 3.8) is 0 Å². The lowest BCUT2D eigenvalue weighted by Gasteiger charge is -2.24. The van der Waals surface area contributed by atoms with Gasteiger partial charge in [-0.05, 0) is 60.0 Å². The van der Waals surface area contributed by atoms with Crippen molar-refractivity contribution in [3.8, 4) is 17.3 Å². The Kier molecular flexibility index (Phi) is 5.51. The number of allylic oxidation sites excluding steroid dienone is 2. The molecule has 39 heavy (non-hydrogen) atoms. The van der Waals surface area contributed by atoms with Crippen LogP contribution in [0.4, 0.5) is 0 Å². The van der Waals surface area contributed by atoms with Crippen molar-refractivity contribution in [1.29, 1.82) is 0 Å². The zero-order chi connectivity index (χ0) is 26.5. The van der Waals surface area contributed by atoms with E-state index < -0.39 is 0 Å². The van der Waals surface area contributed by atoms with Gasteiger partial charge in [0.2, 0.25) is 0 Å². The fourth-order valence-corrected chi connectivity index (χ4v) is 5.60. The summed E-state index contributed by atoms with van der Waals surface area (Å²) in [6.07, 6.45) is 10.5. The SMILES string of the molecule is CC(C)c1ccnc(-n2c3ccccc3c3ccc(Oc4cccc(C5=CN6CC=CC=C6N5C)c4)cc32)c1. The van der Waals surface area contributed by atoms with Crippen molar-refractivity contribution in [1.82, 2.24) is 19.4 Å². The summed E-state index contributed by atoms with van der Waals surface area (Å²) in [5.74, 6) is 4.13. The molecule has 0 radical (unpaired) electrons. The second-order valence-corrected chi connectivity index (χ2v) is 10.4. The van der Waals surface area contributed by atoms with E-state index in [1.807, 2.05) is 12.3 Å². The lowest BCUT2D eigenvalue weighted by molar-refractivity contribution is 0.422. The van der Waals surface area contributed by atoms with Crippen LogP contribution in [-0.4, -0.2) is 32.9 Å². The first kappa shape index (κ1) is 23.4. The first-order valence-electron chi connectivity index (χ1n) is 13.4. The number of benzene rings is 3. The van der Waals surface area contributed by atoms with Gasteiger partial charge in [0.05, 0.1) is 16.7 Å². The van der Waals surface area contributed by atoms with Crippen LogP contribution in [0.1, 0.15) is 30.9 Å². The molecular formula is C34H30N4O. The van der Waals surface area contributed by atoms with E-state index in [2.05, 4.69) is 132 Å². The van der Waals surface area contributed by atoms with Gasteiger partial charge in [-0.25, -0.2) is 4.98 Å². The Balaban J connectivity index is 1.28. The maximum absolute atomic E-state index is 6.47. The van der Waals surface area contributed by atoms with Crippen LogP contribution in [0.5, 0.6) is 11.5 Å². The van der Waals surface area contributed by atoms with E-state index in [1.165, 1.54) is 22.2 Å². The molecule has 192 valence electrons. The van der Waals surface area contributed by atoms with Gasteiger partial charge in [-0.15, -0.1) is 0 Å². The van der Waals surface area contributed by atoms with E-state index in [1.54, 1.807) is 0 Å². The molecule has 0 amide bonds. The number of nitrogens with zero attached hydrogens (tertiary/aromatic N) is 4. The van der Waals surface area contributed by atoms with E-state index in [0.29, 0.717) is 5.92 Å². The highest BCUT2D eigenvalue weighted by Gasteiger charge is 2.25. The molecule has 0 bridgehead atoms. The molecule has 0 spiro atoms. The van der Waals surface area contributed by atoms with Gasteiger partial charge in [0.1, 0.15) is 23.1 Å². The van der Waals surface area contributed by atoms with Crippen LogP contribution in [0.3, 0.4) is 0 Å². The number of rotatable bonds is 5. The third-order valence-electron chi connectivity index (χ3n) is 7.64. The Labute approximate surface area is 228 Å². The van der Waals surface area contributed by atoms with Crippen molar-refractivity contribution in [3.05, 3.63) is 126 Å². The molecule has 5 nitrogen and oxygen atoms in total. The van der Waals surface area contributed by atoms with Crippen LogP contribution in [0.2, 0.25) is 0 Å². The maximum atomic E-state index is 6.47. The molecule has 0 unspecified atom stereocenters. The predicted molar refractivity (Wildman–Crippen MR) is 159 cm³/mol. The molecule has 2 aliphatic heterocycles. The standard InChI is InChI=1S/C34H30N4O/c1-23(2)24-16-17-35-33(20-24)38-30-12-5-4-11-28(30)29-15-14-27(21-31(29)38)39-26-10-8-9-25(19-26)32-22-37-18-7-6-13-34(37)36(32)3/h4-17,19-23H,18H2,1-3H3. The lowest BCUT2D eigenvalue weighted by Crippen LogP contribution is -2.22. The number of para-hydroxylation sites is 1. The minimum atomic E-state index is 0.424. The van der Waals surface area contributed by atoms with Gasteiger partial charge in [-0.3, -0.25) is 4.57 Å². The largest absolute Gasteiger partial charge is 0.457 e. The van der Waals surface area contributed by atoms with Gasteiger partial charge >= 0.3 is 0 Å². The average Bonchev–Trinajstić information content (AvgIpc) is 3.48. The molecule has 5 aromatic rings. The number of hydrogen-bond acceptors (Lipinski definition) is 4. The second kappa shape index (κ2) is 9.21. The highest BCUT2D eigenvalue weighted by molar-refractivity contribution is 6.09. The van der Waals surface area contributed by atoms with Gasteiger partial charge in [0.25, 0.3) is 0 Å². The van der Waals surface area contributed by atoms with Gasteiger partial charge in [-0.1, -0.05) is 56.3 Å². The van der Waals surface area contributed by atoms with Crippen molar-refractivity contribution < 1.29 is 4.74 Å². The first-order valence-corrected chi connectivity index (χ1v) is 13.4. The first-order chi connectivity index (χ1) is 19.1. The predicted octanol–water partition coefficient (Wildman–Crippen LogP) is 8.05. The highest BCUT2D eigenvalue weighted by Crippen LogP contribution is 2.37. The van der Waals surface area contributed by atoms with E-state index >= 15 is 0 Å². The molecule has 4 heterocycles. The van der Waals surface area contributed by atoms with Crippen LogP contribution in [-0.2, 0) is 0 Å². The quantitative estimate of drug-likeness (QED) is 0.239. The van der Waals surface area contributed by atoms with Crippen molar-refractivity contribution in [2.75, 3.05) is 13.6 Å². The zero-order valence-corrected chi connectivity index (χ0v) is 22.4. The fraction of sp³-hybridized carbons (Fsp3) is 0.147. The molecule has 0 atom stereocenters. The molecule has 2 aliphatic rings. The Morgan fingerprint density at radius 1 is 0.846 bits per heavy atom. The molecule has 5 heteroatoms. The van der Waals surface area contributed by atoms with Gasteiger partial charge < -0.3 is 14.5 Å². The summed E-state index contributed by atoms with van der Waals surface area (Å²) in [4.78, 5) is 9.26. The molecule has 0 N–H and O–H groups in total. The van der Waals surface area contributed by atoms with Crippen LogP contribution >= 0.6 is 0 Å². The van der Waals surface area contributed by atoms with Gasteiger partial charge in [0, 0.05) is 48.4 Å². The monoisotopic (exact) mass is 510 g/mol. The molecule has 7 rings (SSSR count). The number of aromatic nitrogens is 2. The number of hydrogen-bond donors (Lipinski definition) is 0. The minimum absolute atomic E-state index is 0.424. The third-order valence-corrected chi connectivity index (χ3v) is 7.64. The van der Waals surface area contributed by atoms with E-state index in [0.717, 1.165) is 46.2 Å². The summed E-state index contributed by atoms with van der Waals surface area (Å²) in [6, 6.07) is 27.5. The van der Waals surface area contributed by atoms with Gasteiger partial charge in [0.15, 0.2) is 0 Å². The summed E-state index contributed by atoms with van der Waals surface area (Å²) in [6.45, 7) is 5.31. The summed E-state index contributed by atoms with van der Waals surface area (Å²) < 4.78 is 8.72.